The van der Waals surface area contributed by atoms with Gasteiger partial charge in [0, 0.05) is 53.3 Å². The lowest BCUT2D eigenvalue weighted by Crippen LogP contribution is -3.09. The molecule has 1 aromatic heterocycles. The summed E-state index contributed by atoms with van der Waals surface area (Å²) in [5, 5.41) is 31.4. The molecule has 1 atom stereocenters. The second kappa shape index (κ2) is 17.7. The Morgan fingerprint density at radius 2 is 1.06 bits per heavy atom. The van der Waals surface area contributed by atoms with Gasteiger partial charge in [0.2, 0.25) is 0 Å². The molecule has 1 aliphatic heterocycles. The number of benzene rings is 4. The third-order valence-electron chi connectivity index (χ3n) is 8.93. The van der Waals surface area contributed by atoms with Crippen LogP contribution in [0.5, 0.6) is 0 Å². The van der Waals surface area contributed by atoms with Crippen molar-refractivity contribution in [3.05, 3.63) is 122 Å². The topological polar surface area (TPSA) is 114 Å². The molecule has 1 aliphatic rings. The van der Waals surface area contributed by atoms with Crippen LogP contribution in [0.2, 0.25) is 0 Å². The second-order valence-electron chi connectivity index (χ2n) is 12.7. The Morgan fingerprint density at radius 3 is 1.60 bits per heavy atom. The van der Waals surface area contributed by atoms with E-state index in [1.54, 1.807) is 0 Å². The molecule has 5 aromatic rings. The number of hydrogen-bond acceptors (Lipinski definition) is 8. The molecule has 0 spiro atoms. The molecule has 0 aliphatic carbocycles. The van der Waals surface area contributed by atoms with E-state index in [-0.39, 0.29) is 0 Å². The highest BCUT2D eigenvalue weighted by molar-refractivity contribution is 5.68. The summed E-state index contributed by atoms with van der Waals surface area (Å²) in [6.45, 7) is 1.87. The molecule has 0 saturated carbocycles. The minimum absolute atomic E-state index is 0.807. The van der Waals surface area contributed by atoms with E-state index in [9.17, 15) is 0 Å². The van der Waals surface area contributed by atoms with Gasteiger partial charge in [-0.25, -0.2) is 9.13 Å². The van der Waals surface area contributed by atoms with E-state index < -0.39 is 0 Å². The van der Waals surface area contributed by atoms with Gasteiger partial charge < -0.3 is 21.3 Å². The lowest BCUT2D eigenvalue weighted by Gasteiger charge is -2.07. The molecule has 2 heterocycles. The molecular weight excluding hydrogens is 649 g/mol. The molecule has 0 fully saturated rings. The first-order chi connectivity index (χ1) is 25.5. The maximum absolute atomic E-state index is 4.63. The molecule has 52 heavy (non-hydrogen) atoms. The third kappa shape index (κ3) is 9.76. The van der Waals surface area contributed by atoms with Gasteiger partial charge >= 0.3 is 11.9 Å². The van der Waals surface area contributed by atoms with E-state index in [0.717, 1.165) is 96.2 Å². The number of anilines is 6. The number of aryl methyl sites for hydroxylation is 2. The van der Waals surface area contributed by atoms with Crippen LogP contribution < -0.4 is 30.7 Å². The van der Waals surface area contributed by atoms with Crippen LogP contribution in [0.15, 0.2) is 142 Å². The second-order valence-corrected chi connectivity index (χ2v) is 12.7. The van der Waals surface area contributed by atoms with Crippen LogP contribution in [0.3, 0.4) is 0 Å². The number of unbranched alkanes of at least 4 members (excludes halogenated alkanes) is 3. The first kappa shape index (κ1) is 35.7. The molecule has 12 heteroatoms. The van der Waals surface area contributed by atoms with Crippen LogP contribution >= 0.6 is 0 Å². The number of rotatable bonds is 16. The molecule has 5 N–H and O–H groups in total. The van der Waals surface area contributed by atoms with Gasteiger partial charge in [-0.2, -0.15) is 9.48 Å². The molecule has 266 valence electrons. The molecule has 12 nitrogen and oxygen atoms in total. The van der Waals surface area contributed by atoms with E-state index >= 15 is 0 Å². The lowest BCUT2D eigenvalue weighted by molar-refractivity contribution is -0.760. The number of nitrogens with one attached hydrogen (secondary N) is 5. The van der Waals surface area contributed by atoms with Gasteiger partial charge in [0.1, 0.15) is 28.9 Å². The van der Waals surface area contributed by atoms with Crippen LogP contribution in [0.25, 0.3) is 0 Å². The summed E-state index contributed by atoms with van der Waals surface area (Å²) in [6.07, 6.45) is 12.8. The van der Waals surface area contributed by atoms with Gasteiger partial charge in [-0.3, -0.25) is 0 Å². The van der Waals surface area contributed by atoms with E-state index in [2.05, 4.69) is 77.0 Å². The highest BCUT2D eigenvalue weighted by Gasteiger charge is 2.30. The maximum atomic E-state index is 4.63. The number of hydrogen-bond donors (Lipinski definition) is 5. The van der Waals surface area contributed by atoms with Gasteiger partial charge in [-0.05, 0) is 121 Å². The summed E-state index contributed by atoms with van der Waals surface area (Å²) < 4.78 is 6.23. The number of imidazole rings is 1. The van der Waals surface area contributed by atoms with Crippen molar-refractivity contribution in [2.75, 3.05) is 49.0 Å². The third-order valence-corrected chi connectivity index (χ3v) is 8.93. The SMILES string of the molecule is CNc1ccc(Nc2ccc(N=NC3=[N+](C)C=C[NH+]3CCCCCCn3cc[n+](C)c3N=Nc3ccc(Nc4ccc(NC)cc4)cc3)cc2)cc1. The summed E-state index contributed by atoms with van der Waals surface area (Å²) in [5.74, 6) is 1.74. The number of quaternary nitrogens is 1. The Morgan fingerprint density at radius 1 is 0.577 bits per heavy atom. The smallest absolute Gasteiger partial charge is 0.388 e. The monoisotopic (exact) mass is 697 g/mol. The lowest BCUT2D eigenvalue weighted by atomic mass is 10.2. The fourth-order valence-corrected chi connectivity index (χ4v) is 5.88. The van der Waals surface area contributed by atoms with Gasteiger partial charge in [0.15, 0.2) is 0 Å². The Bertz CT molecular complexity index is 2010. The Labute approximate surface area is 306 Å². The number of guanidine groups is 1. The number of aromatic nitrogens is 2. The minimum atomic E-state index is 0.807. The fraction of sp³-hybridized carbons (Fsp3) is 0.250. The predicted molar refractivity (Wildman–Crippen MR) is 210 cm³/mol. The Balaban J connectivity index is 0.923. The van der Waals surface area contributed by atoms with Gasteiger partial charge in [0.25, 0.3) is 0 Å². The van der Waals surface area contributed by atoms with E-state index in [1.807, 2.05) is 128 Å². The molecule has 4 aromatic carbocycles. The first-order valence-electron chi connectivity index (χ1n) is 17.8. The quantitative estimate of drug-likeness (QED) is 0.0409. The zero-order valence-electron chi connectivity index (χ0n) is 30.4. The van der Waals surface area contributed by atoms with Crippen molar-refractivity contribution < 1.29 is 14.0 Å². The number of azo groups is 2. The Hall–Kier alpha value is -6.14. The van der Waals surface area contributed by atoms with Gasteiger partial charge in [-0.15, -0.1) is 0 Å². The summed E-state index contributed by atoms with van der Waals surface area (Å²) in [5.41, 5.74) is 7.86. The summed E-state index contributed by atoms with van der Waals surface area (Å²) in [4.78, 5) is 1.22. The van der Waals surface area contributed by atoms with Crippen LogP contribution in [-0.2, 0) is 13.6 Å². The highest BCUT2D eigenvalue weighted by Crippen LogP contribution is 2.24. The van der Waals surface area contributed by atoms with Crippen LogP contribution in [0.4, 0.5) is 51.4 Å². The van der Waals surface area contributed by atoms with Crippen LogP contribution in [0.1, 0.15) is 25.7 Å². The van der Waals surface area contributed by atoms with E-state index in [1.165, 1.54) is 4.90 Å². The molecule has 0 saturated heterocycles. The highest BCUT2D eigenvalue weighted by atomic mass is 15.4. The zero-order valence-corrected chi connectivity index (χ0v) is 30.4. The molecular formula is C40H49N12+3. The van der Waals surface area contributed by atoms with Crippen LogP contribution in [-0.4, -0.2) is 42.8 Å². The van der Waals surface area contributed by atoms with Gasteiger partial charge in [-0.1, -0.05) is 11.5 Å². The first-order valence-corrected chi connectivity index (χ1v) is 17.8. The molecule has 1 unspecified atom stereocenters. The average molecular weight is 698 g/mol. The normalized spacial score (nSPS) is 14.1. The zero-order chi connectivity index (χ0) is 36.1. The molecule has 0 radical (unpaired) electrons. The van der Waals surface area contributed by atoms with Crippen molar-refractivity contribution in [2.24, 2.45) is 27.5 Å². The van der Waals surface area contributed by atoms with Crippen molar-refractivity contribution >= 4 is 57.4 Å². The summed E-state index contributed by atoms with van der Waals surface area (Å²) >= 11 is 0. The van der Waals surface area contributed by atoms with Crippen molar-refractivity contribution in [3.8, 4) is 0 Å². The summed E-state index contributed by atoms with van der Waals surface area (Å²) in [6, 6.07) is 32.4. The van der Waals surface area contributed by atoms with Crippen LogP contribution in [0, 0.1) is 0 Å². The predicted octanol–water partition coefficient (Wildman–Crippen LogP) is 8.01. The minimum Gasteiger partial charge on any atom is -0.388 e. The number of nitrogens with zero attached hydrogens (tertiary/aromatic N) is 7. The maximum Gasteiger partial charge on any atom is 0.524 e. The Kier molecular flexibility index (Phi) is 12.1. The molecule has 6 rings (SSSR count). The van der Waals surface area contributed by atoms with E-state index in [4.69, 9.17) is 0 Å². The van der Waals surface area contributed by atoms with Crippen molar-refractivity contribution in [1.82, 2.24) is 4.57 Å². The average Bonchev–Trinajstić information content (AvgIpc) is 3.72. The van der Waals surface area contributed by atoms with E-state index in [0.29, 0.717) is 0 Å². The van der Waals surface area contributed by atoms with Crippen molar-refractivity contribution in [2.45, 2.75) is 32.2 Å². The molecule has 0 bridgehead atoms. The van der Waals surface area contributed by atoms with Crippen molar-refractivity contribution in [3.63, 3.8) is 0 Å². The molecule has 0 amide bonds. The summed E-state index contributed by atoms with van der Waals surface area (Å²) in [7, 11) is 7.86. The van der Waals surface area contributed by atoms with Crippen molar-refractivity contribution in [1.29, 1.82) is 0 Å². The largest absolute Gasteiger partial charge is 0.524 e. The fourth-order valence-electron chi connectivity index (χ4n) is 5.88. The van der Waals surface area contributed by atoms with Gasteiger partial charge in [0.05, 0.1) is 39.6 Å². The standard InChI is InChI=1S/C40H46N12/c1-41-31-9-13-33(14-10-31)43-35-17-21-37(22-18-35)45-47-39-49(3)27-29-51(39)25-7-5-6-8-26-52-30-28-50(4)40(52)48-46-38-23-19-36(20-24-38)44-34-15-11-32(42-2)12-16-34/h9-24,27-30H,5-8,25-26H2,1-4H3,(H2,41,42,45,46)/p+3.